The summed E-state index contributed by atoms with van der Waals surface area (Å²) in [6, 6.07) is 21.7. The summed E-state index contributed by atoms with van der Waals surface area (Å²) in [6.45, 7) is 3.65. The van der Waals surface area contributed by atoms with Gasteiger partial charge in [-0.25, -0.2) is 0 Å². The lowest BCUT2D eigenvalue weighted by molar-refractivity contribution is -0.385. The fraction of sp³-hybridized carbons (Fsp3) is 0.136. The average molecular weight is 360 g/mol. The maximum atomic E-state index is 12.9. The van der Waals surface area contributed by atoms with Gasteiger partial charge in [-0.05, 0) is 36.6 Å². The topological polar surface area (TPSA) is 72.2 Å². The number of nitrogens with zero attached hydrogens (tertiary/aromatic N) is 1. The molecule has 136 valence electrons. The van der Waals surface area contributed by atoms with Crippen LogP contribution in [0, 0.1) is 24.0 Å². The van der Waals surface area contributed by atoms with Gasteiger partial charge in [0.15, 0.2) is 0 Å². The van der Waals surface area contributed by atoms with E-state index in [4.69, 9.17) is 0 Å². The second-order valence-corrected chi connectivity index (χ2v) is 6.43. The molecule has 3 aromatic rings. The zero-order valence-electron chi connectivity index (χ0n) is 15.2. The highest BCUT2D eigenvalue weighted by molar-refractivity contribution is 5.95. The lowest BCUT2D eigenvalue weighted by Gasteiger charge is -2.21. The van der Waals surface area contributed by atoms with Crippen molar-refractivity contribution in [3.05, 3.63) is 111 Å². The molecular weight excluding hydrogens is 340 g/mol. The summed E-state index contributed by atoms with van der Waals surface area (Å²) >= 11 is 0. The highest BCUT2D eigenvalue weighted by Gasteiger charge is 2.21. The van der Waals surface area contributed by atoms with Crippen LogP contribution in [-0.4, -0.2) is 10.8 Å². The van der Waals surface area contributed by atoms with E-state index in [1.807, 2.05) is 61.5 Å². The monoisotopic (exact) mass is 360 g/mol. The van der Waals surface area contributed by atoms with E-state index >= 15 is 0 Å². The van der Waals surface area contributed by atoms with Gasteiger partial charge in [-0.1, -0.05) is 60.7 Å². The Bertz CT molecular complexity index is 984. The SMILES string of the molecule is Cc1ccccc1[C@@H](NC(=O)c1ccc(C)c([N+](=O)[O-])c1)c1ccccc1. The molecule has 0 spiro atoms. The van der Waals surface area contributed by atoms with Gasteiger partial charge in [0.05, 0.1) is 11.0 Å². The minimum absolute atomic E-state index is 0.0604. The Morgan fingerprint density at radius 1 is 0.926 bits per heavy atom. The van der Waals surface area contributed by atoms with Crippen molar-refractivity contribution in [2.24, 2.45) is 0 Å². The predicted molar refractivity (Wildman–Crippen MR) is 105 cm³/mol. The van der Waals surface area contributed by atoms with E-state index in [9.17, 15) is 14.9 Å². The van der Waals surface area contributed by atoms with Crippen molar-refractivity contribution in [3.63, 3.8) is 0 Å². The molecule has 5 nitrogen and oxygen atoms in total. The second-order valence-electron chi connectivity index (χ2n) is 6.43. The number of carbonyl (C=O) groups excluding carboxylic acids is 1. The first-order valence-electron chi connectivity index (χ1n) is 8.63. The lowest BCUT2D eigenvalue weighted by Crippen LogP contribution is -2.29. The molecule has 1 amide bonds. The largest absolute Gasteiger partial charge is 0.341 e. The third-order valence-corrected chi connectivity index (χ3v) is 4.58. The molecule has 0 aromatic heterocycles. The number of rotatable bonds is 5. The average Bonchev–Trinajstić information content (AvgIpc) is 2.67. The van der Waals surface area contributed by atoms with Gasteiger partial charge in [-0.2, -0.15) is 0 Å². The van der Waals surface area contributed by atoms with E-state index in [0.717, 1.165) is 16.7 Å². The molecule has 0 fully saturated rings. The molecular formula is C22H20N2O3. The first-order chi connectivity index (χ1) is 13.0. The number of aryl methyl sites for hydroxylation is 2. The van der Waals surface area contributed by atoms with Crippen molar-refractivity contribution in [1.29, 1.82) is 0 Å². The van der Waals surface area contributed by atoms with E-state index in [0.29, 0.717) is 5.56 Å². The van der Waals surface area contributed by atoms with Gasteiger partial charge in [0.25, 0.3) is 11.6 Å². The highest BCUT2D eigenvalue weighted by Crippen LogP contribution is 2.26. The van der Waals surface area contributed by atoms with Crippen molar-refractivity contribution < 1.29 is 9.72 Å². The summed E-state index contributed by atoms with van der Waals surface area (Å²) in [4.78, 5) is 23.6. The van der Waals surface area contributed by atoms with E-state index in [2.05, 4.69) is 5.32 Å². The third kappa shape index (κ3) is 4.03. The molecule has 27 heavy (non-hydrogen) atoms. The van der Waals surface area contributed by atoms with Crippen LogP contribution in [0.3, 0.4) is 0 Å². The Morgan fingerprint density at radius 2 is 1.59 bits per heavy atom. The molecule has 5 heteroatoms. The summed E-state index contributed by atoms with van der Waals surface area (Å²) < 4.78 is 0. The number of hydrogen-bond donors (Lipinski definition) is 1. The van der Waals surface area contributed by atoms with Crippen LogP contribution in [0.4, 0.5) is 5.69 Å². The molecule has 0 heterocycles. The Hall–Kier alpha value is -3.47. The number of amides is 1. The summed E-state index contributed by atoms with van der Waals surface area (Å²) in [5.74, 6) is -0.352. The molecule has 0 unspecified atom stereocenters. The fourth-order valence-electron chi connectivity index (χ4n) is 3.06. The maximum Gasteiger partial charge on any atom is 0.273 e. The molecule has 0 aliphatic carbocycles. The van der Waals surface area contributed by atoms with Crippen molar-refractivity contribution in [2.75, 3.05) is 0 Å². The lowest BCUT2D eigenvalue weighted by atomic mass is 9.94. The number of carbonyl (C=O) groups is 1. The zero-order chi connectivity index (χ0) is 19.4. The van der Waals surface area contributed by atoms with Crippen molar-refractivity contribution in [1.82, 2.24) is 5.32 Å². The highest BCUT2D eigenvalue weighted by atomic mass is 16.6. The second kappa shape index (κ2) is 7.83. The Kier molecular flexibility index (Phi) is 5.31. The molecule has 0 saturated carbocycles. The summed E-state index contributed by atoms with van der Waals surface area (Å²) in [6.07, 6.45) is 0. The number of nitro groups is 1. The van der Waals surface area contributed by atoms with E-state index in [1.165, 1.54) is 6.07 Å². The number of nitro benzene ring substituents is 1. The van der Waals surface area contributed by atoms with Crippen LogP contribution in [0.1, 0.15) is 38.7 Å². The van der Waals surface area contributed by atoms with Crippen LogP contribution in [-0.2, 0) is 0 Å². The first kappa shape index (κ1) is 18.3. The van der Waals surface area contributed by atoms with Gasteiger partial charge in [-0.15, -0.1) is 0 Å². The van der Waals surface area contributed by atoms with Crippen LogP contribution in [0.15, 0.2) is 72.8 Å². The maximum absolute atomic E-state index is 12.9. The zero-order valence-corrected chi connectivity index (χ0v) is 15.2. The minimum Gasteiger partial charge on any atom is -0.341 e. The van der Waals surface area contributed by atoms with Crippen molar-refractivity contribution >= 4 is 11.6 Å². The van der Waals surface area contributed by atoms with Gasteiger partial charge in [0.1, 0.15) is 0 Å². The first-order valence-corrected chi connectivity index (χ1v) is 8.63. The molecule has 1 atom stereocenters. The minimum atomic E-state index is -0.470. The van der Waals surface area contributed by atoms with Crippen LogP contribution in [0.25, 0.3) is 0 Å². The van der Waals surface area contributed by atoms with Gasteiger partial charge in [0, 0.05) is 17.2 Å². The molecule has 0 radical (unpaired) electrons. The van der Waals surface area contributed by atoms with Gasteiger partial charge < -0.3 is 5.32 Å². The van der Waals surface area contributed by atoms with Crippen molar-refractivity contribution in [2.45, 2.75) is 19.9 Å². The van der Waals surface area contributed by atoms with Gasteiger partial charge in [0.2, 0.25) is 0 Å². The van der Waals surface area contributed by atoms with Gasteiger partial charge in [-0.3, -0.25) is 14.9 Å². The Labute approximate surface area is 157 Å². The normalized spacial score (nSPS) is 11.6. The van der Waals surface area contributed by atoms with E-state index in [-0.39, 0.29) is 23.2 Å². The smallest absolute Gasteiger partial charge is 0.273 e. The van der Waals surface area contributed by atoms with Crippen molar-refractivity contribution in [3.8, 4) is 0 Å². The molecule has 0 aliphatic heterocycles. The number of hydrogen-bond acceptors (Lipinski definition) is 3. The molecule has 0 saturated heterocycles. The van der Waals surface area contributed by atoms with E-state index < -0.39 is 4.92 Å². The Morgan fingerprint density at radius 3 is 2.26 bits per heavy atom. The van der Waals surface area contributed by atoms with Crippen LogP contribution in [0.2, 0.25) is 0 Å². The quantitative estimate of drug-likeness (QED) is 0.528. The van der Waals surface area contributed by atoms with Crippen LogP contribution in [0.5, 0.6) is 0 Å². The van der Waals surface area contributed by atoms with E-state index in [1.54, 1.807) is 19.1 Å². The summed E-state index contributed by atoms with van der Waals surface area (Å²) in [7, 11) is 0. The predicted octanol–water partition coefficient (Wildman–Crippen LogP) is 4.73. The number of nitrogens with one attached hydrogen (secondary N) is 1. The molecule has 3 rings (SSSR count). The molecule has 1 N–H and O–H groups in total. The van der Waals surface area contributed by atoms with Crippen LogP contribution >= 0.6 is 0 Å². The standard InChI is InChI=1S/C22H20N2O3/c1-15-8-6-7-11-19(15)21(17-9-4-3-5-10-17)23-22(25)18-13-12-16(2)20(14-18)24(26)27/h3-14,21H,1-2H3,(H,23,25)/t21-/m0/s1. The molecule has 0 aliphatic rings. The van der Waals surface area contributed by atoms with Gasteiger partial charge >= 0.3 is 0 Å². The number of benzene rings is 3. The summed E-state index contributed by atoms with van der Waals surface area (Å²) in [5.41, 5.74) is 3.72. The van der Waals surface area contributed by atoms with Crippen LogP contribution < -0.4 is 5.32 Å². The molecule has 0 bridgehead atoms. The summed E-state index contributed by atoms with van der Waals surface area (Å²) in [5, 5.41) is 14.2. The third-order valence-electron chi connectivity index (χ3n) is 4.58. The Balaban J connectivity index is 1.98. The molecule has 3 aromatic carbocycles. The fourth-order valence-corrected chi connectivity index (χ4v) is 3.06.